The van der Waals surface area contributed by atoms with E-state index in [0.29, 0.717) is 34.3 Å². The number of nitrogens with one attached hydrogen (secondary N) is 1. The number of piperidine rings is 1. The molecule has 1 fully saturated rings. The molecule has 1 saturated heterocycles. The van der Waals surface area contributed by atoms with Gasteiger partial charge >= 0.3 is 6.18 Å². The Morgan fingerprint density at radius 1 is 1.09 bits per heavy atom. The van der Waals surface area contributed by atoms with Crippen molar-refractivity contribution in [1.82, 2.24) is 24.3 Å². The van der Waals surface area contributed by atoms with E-state index in [1.54, 1.807) is 17.9 Å². The van der Waals surface area contributed by atoms with Crippen molar-refractivity contribution in [2.45, 2.75) is 63.8 Å². The summed E-state index contributed by atoms with van der Waals surface area (Å²) in [5.41, 5.74) is 2.26. The summed E-state index contributed by atoms with van der Waals surface area (Å²) in [4.78, 5) is 40.0. The van der Waals surface area contributed by atoms with Gasteiger partial charge in [-0.1, -0.05) is 31.2 Å². The summed E-state index contributed by atoms with van der Waals surface area (Å²) in [6.07, 6.45) is 2.09. The number of hydrogen-bond acceptors (Lipinski definition) is 6. The lowest BCUT2D eigenvalue weighted by Crippen LogP contribution is -2.38. The van der Waals surface area contributed by atoms with Crippen LogP contribution in [0.2, 0.25) is 0 Å². The second-order valence-corrected chi connectivity index (χ2v) is 12.8. The molecule has 45 heavy (non-hydrogen) atoms. The fraction of sp³-hybridized carbons (Fsp3) is 0.394. The molecule has 0 bridgehead atoms. The van der Waals surface area contributed by atoms with E-state index < -0.39 is 29.6 Å². The third-order valence-corrected chi connectivity index (χ3v) is 10.1. The van der Waals surface area contributed by atoms with Crippen LogP contribution in [0.4, 0.5) is 18.3 Å². The zero-order valence-corrected chi connectivity index (χ0v) is 25.6. The van der Waals surface area contributed by atoms with Crippen molar-refractivity contribution >= 4 is 28.3 Å². The first kappa shape index (κ1) is 29.7. The summed E-state index contributed by atoms with van der Waals surface area (Å²) >= 11 is 1.22. The fourth-order valence-electron chi connectivity index (χ4n) is 6.99. The van der Waals surface area contributed by atoms with Crippen LogP contribution in [-0.4, -0.2) is 55.8 Å². The summed E-state index contributed by atoms with van der Waals surface area (Å²) in [5, 5.41) is 4.78. The minimum absolute atomic E-state index is 0.0428. The van der Waals surface area contributed by atoms with E-state index in [1.807, 2.05) is 28.8 Å². The van der Waals surface area contributed by atoms with Crippen LogP contribution in [0.3, 0.4) is 0 Å². The number of imidazole rings is 1. The Labute approximate surface area is 262 Å². The van der Waals surface area contributed by atoms with Gasteiger partial charge in [-0.25, -0.2) is 9.97 Å². The van der Waals surface area contributed by atoms with E-state index in [4.69, 9.17) is 0 Å². The summed E-state index contributed by atoms with van der Waals surface area (Å²) in [7, 11) is 0. The lowest BCUT2D eigenvalue weighted by molar-refractivity contribution is -0.138. The molecular formula is C33H33F3N6O2S. The first-order chi connectivity index (χ1) is 21.7. The van der Waals surface area contributed by atoms with Gasteiger partial charge in [0.05, 0.1) is 17.6 Å². The van der Waals surface area contributed by atoms with E-state index in [0.717, 1.165) is 57.2 Å². The molecule has 0 aliphatic carbocycles. The zero-order valence-electron chi connectivity index (χ0n) is 24.8. The second kappa shape index (κ2) is 11.7. The smallest absolute Gasteiger partial charge is 0.334 e. The number of carbonyl (C=O) groups excluding carboxylic acids is 2. The molecule has 0 spiro atoms. The van der Waals surface area contributed by atoms with Crippen LogP contribution in [0, 0.1) is 0 Å². The average Bonchev–Trinajstić information content (AvgIpc) is 3.84. The number of hydrogen-bond donors (Lipinski definition) is 1. The van der Waals surface area contributed by atoms with Gasteiger partial charge in [0, 0.05) is 35.9 Å². The van der Waals surface area contributed by atoms with Crippen molar-refractivity contribution in [3.8, 4) is 11.1 Å². The maximum atomic E-state index is 14.6. The number of alkyl halides is 3. The Balaban J connectivity index is 1.23. The molecule has 3 aliphatic rings. The van der Waals surface area contributed by atoms with Crippen LogP contribution >= 0.6 is 11.3 Å². The molecule has 0 radical (unpaired) electrons. The maximum Gasteiger partial charge on any atom is 0.416 e. The van der Waals surface area contributed by atoms with Crippen molar-refractivity contribution in [2.75, 3.05) is 25.0 Å². The van der Waals surface area contributed by atoms with Gasteiger partial charge in [0.15, 0.2) is 11.2 Å². The van der Waals surface area contributed by atoms with Crippen LogP contribution in [0.1, 0.15) is 76.6 Å². The molecule has 5 heterocycles. The van der Waals surface area contributed by atoms with E-state index in [-0.39, 0.29) is 17.7 Å². The van der Waals surface area contributed by atoms with Gasteiger partial charge in [0.25, 0.3) is 11.8 Å². The Morgan fingerprint density at radius 3 is 2.56 bits per heavy atom. The van der Waals surface area contributed by atoms with Crippen LogP contribution in [0.25, 0.3) is 11.1 Å². The minimum atomic E-state index is -4.70. The van der Waals surface area contributed by atoms with Crippen LogP contribution in [-0.2, 0) is 30.5 Å². The molecule has 8 nitrogen and oxygen atoms in total. The van der Waals surface area contributed by atoms with Gasteiger partial charge in [-0.3, -0.25) is 14.9 Å². The standard InChI is InChI=1S/C33H33F3N6O2S/c1-2-40-13-9-22(10-14-40)20-5-7-21(8-6-20)23-16-24-25(26(17-23)33(34,35)36)18-42(31(24)44)29(30(43)39-32-37-11-15-45-32)28-27-4-3-12-41(27)19-38-28/h5-8,11,15-17,19,22,29H,2-4,9-10,12-14,18H2,1H3,(H,37,39,43). The molecule has 2 amide bonds. The highest BCUT2D eigenvalue weighted by atomic mass is 32.1. The summed E-state index contributed by atoms with van der Waals surface area (Å²) < 4.78 is 45.7. The number of amides is 2. The lowest BCUT2D eigenvalue weighted by atomic mass is 9.88. The van der Waals surface area contributed by atoms with E-state index in [2.05, 4.69) is 27.1 Å². The zero-order chi connectivity index (χ0) is 31.3. The molecule has 3 aliphatic heterocycles. The second-order valence-electron chi connectivity index (χ2n) is 11.9. The highest BCUT2D eigenvalue weighted by molar-refractivity contribution is 7.13. The average molecular weight is 635 g/mol. The van der Waals surface area contributed by atoms with Gasteiger partial charge in [-0.15, -0.1) is 11.3 Å². The first-order valence-electron chi connectivity index (χ1n) is 15.3. The highest BCUT2D eigenvalue weighted by Crippen LogP contribution is 2.43. The Bertz CT molecular complexity index is 1730. The van der Waals surface area contributed by atoms with Gasteiger partial charge in [0.1, 0.15) is 0 Å². The number of halogens is 3. The Morgan fingerprint density at radius 2 is 1.87 bits per heavy atom. The summed E-state index contributed by atoms with van der Waals surface area (Å²) in [5.74, 6) is -0.774. The number of likely N-dealkylation sites (tertiary alicyclic amines) is 1. The molecule has 7 rings (SSSR count). The maximum absolute atomic E-state index is 14.6. The predicted molar refractivity (Wildman–Crippen MR) is 165 cm³/mol. The van der Waals surface area contributed by atoms with Crippen molar-refractivity contribution in [1.29, 1.82) is 0 Å². The van der Waals surface area contributed by atoms with E-state index >= 15 is 0 Å². The Hall–Kier alpha value is -4.03. The molecule has 2 aromatic heterocycles. The third kappa shape index (κ3) is 5.54. The van der Waals surface area contributed by atoms with Gasteiger partial charge in [0.2, 0.25) is 0 Å². The third-order valence-electron chi connectivity index (χ3n) is 9.40. The molecule has 1 atom stereocenters. The van der Waals surface area contributed by atoms with E-state index in [9.17, 15) is 22.8 Å². The molecule has 2 aromatic carbocycles. The summed E-state index contributed by atoms with van der Waals surface area (Å²) in [6, 6.07) is 9.13. The minimum Gasteiger partial charge on any atom is -0.334 e. The van der Waals surface area contributed by atoms with E-state index in [1.165, 1.54) is 27.9 Å². The van der Waals surface area contributed by atoms with Gasteiger partial charge in [-0.2, -0.15) is 13.2 Å². The largest absolute Gasteiger partial charge is 0.416 e. The number of anilines is 1. The first-order valence-corrected chi connectivity index (χ1v) is 16.2. The van der Waals surface area contributed by atoms with Gasteiger partial charge < -0.3 is 14.4 Å². The Kier molecular flexibility index (Phi) is 7.73. The van der Waals surface area contributed by atoms with Crippen molar-refractivity contribution in [3.63, 3.8) is 0 Å². The van der Waals surface area contributed by atoms with Crippen molar-refractivity contribution < 1.29 is 22.8 Å². The molecular weight excluding hydrogens is 601 g/mol. The number of aryl methyl sites for hydroxylation is 1. The van der Waals surface area contributed by atoms with Crippen LogP contribution in [0.5, 0.6) is 0 Å². The fourth-order valence-corrected chi connectivity index (χ4v) is 7.53. The molecule has 12 heteroatoms. The number of nitrogens with zero attached hydrogens (tertiary/aromatic N) is 5. The van der Waals surface area contributed by atoms with Gasteiger partial charge in [-0.05, 0) is 85.6 Å². The van der Waals surface area contributed by atoms with Crippen LogP contribution in [0.15, 0.2) is 54.3 Å². The quantitative estimate of drug-likeness (QED) is 0.251. The van der Waals surface area contributed by atoms with Crippen molar-refractivity contribution in [3.05, 3.63) is 87.9 Å². The SMILES string of the molecule is CCN1CCC(c2ccc(-c3cc4c(c(C(F)(F)F)c3)CN(C(C(=O)Nc3nccs3)c3ncn5c3CCC5)C4=O)cc2)CC1. The molecule has 234 valence electrons. The number of rotatable bonds is 7. The number of benzene rings is 2. The number of thiazole rings is 1. The highest BCUT2D eigenvalue weighted by Gasteiger charge is 2.45. The number of fused-ring (bicyclic) bond motifs is 2. The van der Waals surface area contributed by atoms with Crippen molar-refractivity contribution in [2.24, 2.45) is 0 Å². The topological polar surface area (TPSA) is 83.4 Å². The predicted octanol–water partition coefficient (Wildman–Crippen LogP) is 6.51. The molecule has 0 saturated carbocycles. The monoisotopic (exact) mass is 634 g/mol. The normalized spacial score (nSPS) is 17.9. The summed E-state index contributed by atoms with van der Waals surface area (Å²) in [6.45, 7) is 5.63. The molecule has 1 unspecified atom stereocenters. The van der Waals surface area contributed by atoms with Crippen LogP contribution < -0.4 is 5.32 Å². The molecule has 1 N–H and O–H groups in total. The lowest BCUT2D eigenvalue weighted by Gasteiger charge is -2.31. The number of aromatic nitrogens is 3. The molecule has 4 aromatic rings. The number of carbonyl (C=O) groups is 2.